The fourth-order valence-electron chi connectivity index (χ4n) is 1.20. The van der Waals surface area contributed by atoms with Crippen molar-refractivity contribution in [3.63, 3.8) is 0 Å². The maximum Gasteiger partial charge on any atom is 0.115 e. The third-order valence-electron chi connectivity index (χ3n) is 2.33. The van der Waals surface area contributed by atoms with Crippen LogP contribution in [-0.2, 0) is 12.8 Å². The Hall–Kier alpha value is -0.960. The first-order valence-electron chi connectivity index (χ1n) is 5.11. The standard InChI is InChI=1S/C11H18N2O/c1-4-9-5-10(13-7-12-9)6-11(14)8(2)3/h5,7-8,11,14H,4,6H2,1-3H3. The van der Waals surface area contributed by atoms with Gasteiger partial charge in [-0.15, -0.1) is 0 Å². The number of nitrogens with zero attached hydrogens (tertiary/aromatic N) is 2. The largest absolute Gasteiger partial charge is 0.392 e. The second kappa shape index (κ2) is 5.05. The van der Waals surface area contributed by atoms with E-state index in [4.69, 9.17) is 0 Å². The van der Waals surface area contributed by atoms with Crippen LogP contribution in [0, 0.1) is 5.92 Å². The van der Waals surface area contributed by atoms with Gasteiger partial charge >= 0.3 is 0 Å². The van der Waals surface area contributed by atoms with E-state index in [2.05, 4.69) is 16.9 Å². The molecule has 1 atom stereocenters. The molecule has 0 radical (unpaired) electrons. The van der Waals surface area contributed by atoms with Gasteiger partial charge in [-0.2, -0.15) is 0 Å². The van der Waals surface area contributed by atoms with Gasteiger partial charge in [0.15, 0.2) is 0 Å². The predicted octanol–water partition coefficient (Wildman–Crippen LogP) is 1.60. The minimum absolute atomic E-state index is 0.273. The third-order valence-corrected chi connectivity index (χ3v) is 2.33. The SMILES string of the molecule is CCc1cc(CC(O)C(C)C)ncn1. The van der Waals surface area contributed by atoms with Gasteiger partial charge < -0.3 is 5.11 Å². The van der Waals surface area contributed by atoms with Crippen LogP contribution in [0.1, 0.15) is 32.2 Å². The third kappa shape index (κ3) is 3.07. The highest BCUT2D eigenvalue weighted by Crippen LogP contribution is 2.08. The van der Waals surface area contributed by atoms with Gasteiger partial charge in [0.25, 0.3) is 0 Å². The molecule has 0 saturated heterocycles. The Balaban J connectivity index is 2.66. The molecule has 0 aliphatic rings. The van der Waals surface area contributed by atoms with E-state index in [0.717, 1.165) is 17.8 Å². The second-order valence-corrected chi connectivity index (χ2v) is 3.87. The minimum atomic E-state index is -0.311. The smallest absolute Gasteiger partial charge is 0.115 e. The summed E-state index contributed by atoms with van der Waals surface area (Å²) in [7, 11) is 0. The topological polar surface area (TPSA) is 46.0 Å². The Morgan fingerprint density at radius 1 is 1.29 bits per heavy atom. The van der Waals surface area contributed by atoms with Crippen LogP contribution in [0.2, 0.25) is 0 Å². The van der Waals surface area contributed by atoms with Gasteiger partial charge in [-0.3, -0.25) is 0 Å². The number of aryl methyl sites for hydroxylation is 1. The van der Waals surface area contributed by atoms with Crippen LogP contribution in [-0.4, -0.2) is 21.2 Å². The fourth-order valence-corrected chi connectivity index (χ4v) is 1.20. The van der Waals surface area contributed by atoms with E-state index in [0.29, 0.717) is 6.42 Å². The van der Waals surface area contributed by atoms with E-state index in [1.54, 1.807) is 6.33 Å². The first kappa shape index (κ1) is 11.1. The summed E-state index contributed by atoms with van der Waals surface area (Å²) < 4.78 is 0. The van der Waals surface area contributed by atoms with Crippen molar-refractivity contribution in [2.24, 2.45) is 5.92 Å². The molecule has 0 spiro atoms. The van der Waals surface area contributed by atoms with Crippen molar-refractivity contribution in [1.82, 2.24) is 9.97 Å². The van der Waals surface area contributed by atoms with Crippen LogP contribution >= 0.6 is 0 Å². The second-order valence-electron chi connectivity index (χ2n) is 3.87. The molecule has 1 unspecified atom stereocenters. The molecule has 0 aromatic carbocycles. The van der Waals surface area contributed by atoms with Crippen LogP contribution in [0.3, 0.4) is 0 Å². The van der Waals surface area contributed by atoms with E-state index in [-0.39, 0.29) is 12.0 Å². The highest BCUT2D eigenvalue weighted by atomic mass is 16.3. The number of rotatable bonds is 4. The molecule has 14 heavy (non-hydrogen) atoms. The number of hydrogen-bond acceptors (Lipinski definition) is 3. The summed E-state index contributed by atoms with van der Waals surface area (Å²) in [5, 5.41) is 9.68. The molecular weight excluding hydrogens is 176 g/mol. The average Bonchev–Trinajstić information content (AvgIpc) is 2.18. The van der Waals surface area contributed by atoms with Crippen LogP contribution in [0.15, 0.2) is 12.4 Å². The fraction of sp³-hybridized carbons (Fsp3) is 0.636. The zero-order valence-electron chi connectivity index (χ0n) is 9.07. The zero-order chi connectivity index (χ0) is 10.6. The summed E-state index contributed by atoms with van der Waals surface area (Å²) in [4.78, 5) is 8.26. The summed E-state index contributed by atoms with van der Waals surface area (Å²) in [5.74, 6) is 0.273. The van der Waals surface area contributed by atoms with Crippen molar-refractivity contribution in [2.45, 2.75) is 39.7 Å². The van der Waals surface area contributed by atoms with Gasteiger partial charge in [0.1, 0.15) is 6.33 Å². The predicted molar refractivity (Wildman–Crippen MR) is 56.0 cm³/mol. The Bertz CT molecular complexity index is 286. The Morgan fingerprint density at radius 3 is 2.50 bits per heavy atom. The molecular formula is C11H18N2O. The van der Waals surface area contributed by atoms with Crippen LogP contribution in [0.4, 0.5) is 0 Å². The van der Waals surface area contributed by atoms with Crippen LogP contribution in [0.25, 0.3) is 0 Å². The quantitative estimate of drug-likeness (QED) is 0.792. The minimum Gasteiger partial charge on any atom is -0.392 e. The van der Waals surface area contributed by atoms with E-state index in [1.165, 1.54) is 0 Å². The van der Waals surface area contributed by atoms with Crippen molar-refractivity contribution in [1.29, 1.82) is 0 Å². The number of aliphatic hydroxyl groups excluding tert-OH is 1. The van der Waals surface area contributed by atoms with E-state index >= 15 is 0 Å². The first-order valence-corrected chi connectivity index (χ1v) is 5.11. The van der Waals surface area contributed by atoms with Crippen molar-refractivity contribution in [2.75, 3.05) is 0 Å². The van der Waals surface area contributed by atoms with Gasteiger partial charge in [0.05, 0.1) is 6.10 Å². The van der Waals surface area contributed by atoms with E-state index in [9.17, 15) is 5.11 Å². The van der Waals surface area contributed by atoms with Gasteiger partial charge in [-0.25, -0.2) is 9.97 Å². The molecule has 0 bridgehead atoms. The molecule has 1 N–H and O–H groups in total. The van der Waals surface area contributed by atoms with Gasteiger partial charge in [-0.1, -0.05) is 20.8 Å². The lowest BCUT2D eigenvalue weighted by Gasteiger charge is -2.13. The number of aromatic nitrogens is 2. The molecule has 1 heterocycles. The molecule has 1 rings (SSSR count). The Morgan fingerprint density at radius 2 is 1.93 bits per heavy atom. The monoisotopic (exact) mass is 194 g/mol. The summed E-state index contributed by atoms with van der Waals surface area (Å²) in [5.41, 5.74) is 1.96. The molecule has 1 aromatic heterocycles. The lowest BCUT2D eigenvalue weighted by Crippen LogP contribution is -2.18. The first-order chi connectivity index (χ1) is 6.63. The van der Waals surface area contributed by atoms with Gasteiger partial charge in [0.2, 0.25) is 0 Å². The van der Waals surface area contributed by atoms with Crippen LogP contribution < -0.4 is 0 Å². The number of hydrogen-bond donors (Lipinski definition) is 1. The molecule has 0 saturated carbocycles. The van der Waals surface area contributed by atoms with Crippen molar-refractivity contribution >= 4 is 0 Å². The maximum atomic E-state index is 9.68. The van der Waals surface area contributed by atoms with Crippen molar-refractivity contribution in [3.05, 3.63) is 23.8 Å². The Labute approximate surface area is 85.2 Å². The molecule has 0 amide bonds. The normalized spacial score (nSPS) is 13.2. The lowest BCUT2D eigenvalue weighted by molar-refractivity contribution is 0.124. The van der Waals surface area contributed by atoms with Gasteiger partial charge in [0, 0.05) is 17.8 Å². The molecule has 0 aliphatic heterocycles. The molecule has 3 heteroatoms. The van der Waals surface area contributed by atoms with Crippen molar-refractivity contribution in [3.8, 4) is 0 Å². The summed E-state index contributed by atoms with van der Waals surface area (Å²) in [6.45, 7) is 6.07. The lowest BCUT2D eigenvalue weighted by atomic mass is 10.0. The summed E-state index contributed by atoms with van der Waals surface area (Å²) >= 11 is 0. The average molecular weight is 194 g/mol. The summed E-state index contributed by atoms with van der Waals surface area (Å²) in [6, 6.07) is 1.96. The molecule has 78 valence electrons. The summed E-state index contributed by atoms with van der Waals surface area (Å²) in [6.07, 6.45) is 2.79. The molecule has 0 aliphatic carbocycles. The Kier molecular flexibility index (Phi) is 4.01. The van der Waals surface area contributed by atoms with Gasteiger partial charge in [-0.05, 0) is 18.4 Å². The zero-order valence-corrected chi connectivity index (χ0v) is 9.07. The highest BCUT2D eigenvalue weighted by molar-refractivity contribution is 5.09. The highest BCUT2D eigenvalue weighted by Gasteiger charge is 2.10. The maximum absolute atomic E-state index is 9.68. The molecule has 0 fully saturated rings. The molecule has 1 aromatic rings. The van der Waals surface area contributed by atoms with E-state index < -0.39 is 0 Å². The van der Waals surface area contributed by atoms with Crippen molar-refractivity contribution < 1.29 is 5.11 Å². The van der Waals surface area contributed by atoms with E-state index in [1.807, 2.05) is 19.9 Å². The molecule has 3 nitrogen and oxygen atoms in total. The number of aliphatic hydroxyl groups is 1. The van der Waals surface area contributed by atoms with Crippen LogP contribution in [0.5, 0.6) is 0 Å².